The molecule has 18 heavy (non-hydrogen) atoms. The highest BCUT2D eigenvalue weighted by atomic mass is 32.2. The second-order valence-electron chi connectivity index (χ2n) is 4.05. The molecule has 1 aliphatic rings. The van der Waals surface area contributed by atoms with Crippen molar-refractivity contribution in [3.63, 3.8) is 0 Å². The number of nitrogens with one attached hydrogen (secondary N) is 1. The van der Waals surface area contributed by atoms with Crippen LogP contribution in [0.25, 0.3) is 0 Å². The largest absolute Gasteiger partial charge is 0.481 e. The molecule has 2 N–H and O–H groups in total. The number of rotatable bonds is 6. The van der Waals surface area contributed by atoms with E-state index in [-0.39, 0.29) is 16.7 Å². The zero-order chi connectivity index (χ0) is 13.2. The van der Waals surface area contributed by atoms with Gasteiger partial charge >= 0.3 is 5.97 Å². The van der Waals surface area contributed by atoms with Crippen molar-refractivity contribution in [2.75, 3.05) is 5.75 Å². The number of hydrogen-bond acceptors (Lipinski definition) is 4. The Morgan fingerprint density at radius 3 is 2.44 bits per heavy atom. The Balaban J connectivity index is 2.04. The lowest BCUT2D eigenvalue weighted by Gasteiger charge is -2.06. The Morgan fingerprint density at radius 1 is 1.33 bits per heavy atom. The molecule has 0 radical (unpaired) electrons. The van der Waals surface area contributed by atoms with Gasteiger partial charge in [-0.15, -0.1) is 11.8 Å². The van der Waals surface area contributed by atoms with E-state index in [9.17, 15) is 13.2 Å². The van der Waals surface area contributed by atoms with Gasteiger partial charge in [-0.2, -0.15) is 0 Å². The number of carboxylic acids is 1. The Hall–Kier alpha value is -1.05. The fourth-order valence-corrected chi connectivity index (χ4v) is 3.27. The third-order valence-electron chi connectivity index (χ3n) is 2.40. The van der Waals surface area contributed by atoms with E-state index < -0.39 is 16.0 Å². The van der Waals surface area contributed by atoms with Gasteiger partial charge in [0.25, 0.3) is 0 Å². The van der Waals surface area contributed by atoms with Crippen molar-refractivity contribution in [1.82, 2.24) is 4.72 Å². The number of aliphatic carboxylic acids is 1. The molecule has 1 aromatic rings. The third kappa shape index (κ3) is 3.72. The van der Waals surface area contributed by atoms with Gasteiger partial charge < -0.3 is 5.11 Å². The molecule has 1 saturated carbocycles. The molecular formula is C11H13NO4S2. The summed E-state index contributed by atoms with van der Waals surface area (Å²) in [5, 5.41) is 8.54. The van der Waals surface area contributed by atoms with Gasteiger partial charge in [0.15, 0.2) is 0 Å². The first-order chi connectivity index (χ1) is 8.47. The van der Waals surface area contributed by atoms with Gasteiger partial charge in [-0.05, 0) is 37.1 Å². The number of carboxylic acid groups (broad SMARTS) is 1. The van der Waals surface area contributed by atoms with E-state index in [0.717, 1.165) is 29.5 Å². The minimum Gasteiger partial charge on any atom is -0.481 e. The maximum atomic E-state index is 11.8. The zero-order valence-electron chi connectivity index (χ0n) is 9.50. The number of thioether (sulfide) groups is 1. The predicted octanol–water partition coefficient (Wildman–Crippen LogP) is 1.30. The molecule has 0 aromatic heterocycles. The van der Waals surface area contributed by atoms with Crippen molar-refractivity contribution in [1.29, 1.82) is 0 Å². The van der Waals surface area contributed by atoms with Crippen LogP contribution in [0.2, 0.25) is 0 Å². The number of hydrogen-bond donors (Lipinski definition) is 2. The molecular weight excluding hydrogens is 274 g/mol. The molecule has 0 saturated heterocycles. The topological polar surface area (TPSA) is 83.5 Å². The van der Waals surface area contributed by atoms with Crippen LogP contribution >= 0.6 is 11.8 Å². The molecule has 0 bridgehead atoms. The minimum absolute atomic E-state index is 0.0353. The first kappa shape index (κ1) is 13.4. The number of sulfonamides is 1. The average Bonchev–Trinajstić information content (AvgIpc) is 3.10. The Bertz CT molecular complexity index is 535. The molecule has 0 heterocycles. The van der Waals surface area contributed by atoms with Crippen molar-refractivity contribution in [2.45, 2.75) is 28.7 Å². The fraction of sp³-hybridized carbons (Fsp3) is 0.364. The maximum Gasteiger partial charge on any atom is 0.313 e. The van der Waals surface area contributed by atoms with Crippen molar-refractivity contribution < 1.29 is 18.3 Å². The van der Waals surface area contributed by atoms with Gasteiger partial charge in [-0.1, -0.05) is 0 Å². The lowest BCUT2D eigenvalue weighted by atomic mass is 10.4. The van der Waals surface area contributed by atoms with Crippen LogP contribution in [0.5, 0.6) is 0 Å². The molecule has 0 atom stereocenters. The fourth-order valence-electron chi connectivity index (χ4n) is 1.35. The molecule has 1 fully saturated rings. The molecule has 1 aliphatic carbocycles. The molecule has 0 spiro atoms. The summed E-state index contributed by atoms with van der Waals surface area (Å²) in [5.41, 5.74) is 0. The Kier molecular flexibility index (Phi) is 3.94. The van der Waals surface area contributed by atoms with Crippen molar-refractivity contribution in [3.8, 4) is 0 Å². The van der Waals surface area contributed by atoms with E-state index in [1.54, 1.807) is 12.1 Å². The maximum absolute atomic E-state index is 11.8. The molecule has 2 rings (SSSR count). The summed E-state index contributed by atoms with van der Waals surface area (Å²) in [6.45, 7) is 0. The first-order valence-corrected chi connectivity index (χ1v) is 7.91. The normalized spacial score (nSPS) is 15.6. The quantitative estimate of drug-likeness (QED) is 0.771. The van der Waals surface area contributed by atoms with E-state index in [1.807, 2.05) is 0 Å². The average molecular weight is 287 g/mol. The van der Waals surface area contributed by atoms with Crippen LogP contribution in [0.4, 0.5) is 0 Å². The van der Waals surface area contributed by atoms with E-state index in [2.05, 4.69) is 4.72 Å². The Labute approximate surface area is 110 Å². The summed E-state index contributed by atoms with van der Waals surface area (Å²) < 4.78 is 26.3. The summed E-state index contributed by atoms with van der Waals surface area (Å²) in [4.78, 5) is 11.4. The molecule has 1 aromatic carbocycles. The molecule has 0 aliphatic heterocycles. The third-order valence-corrected chi connectivity index (χ3v) is 4.93. The number of carbonyl (C=O) groups is 1. The molecule has 0 unspecified atom stereocenters. The summed E-state index contributed by atoms with van der Waals surface area (Å²) in [7, 11) is -3.42. The monoisotopic (exact) mass is 287 g/mol. The molecule has 7 heteroatoms. The van der Waals surface area contributed by atoms with Crippen LogP contribution in [0.15, 0.2) is 34.1 Å². The van der Waals surface area contributed by atoms with Gasteiger partial charge in [0, 0.05) is 10.9 Å². The minimum atomic E-state index is -3.42. The SMILES string of the molecule is O=C(O)CSc1ccc(S(=O)(=O)NC2CC2)cc1. The summed E-state index contributed by atoms with van der Waals surface area (Å²) in [5.74, 6) is -0.932. The van der Waals surface area contributed by atoms with Gasteiger partial charge in [0.1, 0.15) is 0 Å². The highest BCUT2D eigenvalue weighted by Crippen LogP contribution is 2.24. The highest BCUT2D eigenvalue weighted by Gasteiger charge is 2.27. The molecule has 5 nitrogen and oxygen atoms in total. The van der Waals surface area contributed by atoms with Gasteiger partial charge in [0.05, 0.1) is 10.6 Å². The van der Waals surface area contributed by atoms with Crippen molar-refractivity contribution >= 4 is 27.8 Å². The standard InChI is InChI=1S/C11H13NO4S2/c13-11(14)7-17-9-3-5-10(6-4-9)18(15,16)12-8-1-2-8/h3-6,8,12H,1-2,7H2,(H,13,14). The molecule has 98 valence electrons. The summed E-state index contributed by atoms with van der Waals surface area (Å²) in [6.07, 6.45) is 1.79. The van der Waals surface area contributed by atoms with Crippen molar-refractivity contribution in [2.24, 2.45) is 0 Å². The van der Waals surface area contributed by atoms with E-state index in [0.29, 0.717) is 0 Å². The second-order valence-corrected chi connectivity index (χ2v) is 6.81. The highest BCUT2D eigenvalue weighted by molar-refractivity contribution is 8.00. The van der Waals surface area contributed by atoms with E-state index in [1.165, 1.54) is 12.1 Å². The van der Waals surface area contributed by atoms with Crippen LogP contribution in [0, 0.1) is 0 Å². The summed E-state index contributed by atoms with van der Waals surface area (Å²) in [6, 6.07) is 6.31. The van der Waals surface area contributed by atoms with Crippen molar-refractivity contribution in [3.05, 3.63) is 24.3 Å². The van der Waals surface area contributed by atoms with Crippen LogP contribution in [0.3, 0.4) is 0 Å². The second kappa shape index (κ2) is 5.29. The molecule has 0 amide bonds. The van der Waals surface area contributed by atoms with Gasteiger partial charge in [0.2, 0.25) is 10.0 Å². The smallest absolute Gasteiger partial charge is 0.313 e. The van der Waals surface area contributed by atoms with Crippen LogP contribution in [-0.2, 0) is 14.8 Å². The van der Waals surface area contributed by atoms with Crippen LogP contribution in [-0.4, -0.2) is 31.3 Å². The lowest BCUT2D eigenvalue weighted by Crippen LogP contribution is -2.25. The Morgan fingerprint density at radius 2 is 1.94 bits per heavy atom. The van der Waals surface area contributed by atoms with Crippen LogP contribution in [0.1, 0.15) is 12.8 Å². The van der Waals surface area contributed by atoms with Crippen LogP contribution < -0.4 is 4.72 Å². The lowest BCUT2D eigenvalue weighted by molar-refractivity contribution is -0.133. The number of benzene rings is 1. The van der Waals surface area contributed by atoms with E-state index in [4.69, 9.17) is 5.11 Å². The predicted molar refractivity (Wildman–Crippen MR) is 68.1 cm³/mol. The summed E-state index contributed by atoms with van der Waals surface area (Å²) >= 11 is 1.16. The zero-order valence-corrected chi connectivity index (χ0v) is 11.1. The first-order valence-electron chi connectivity index (χ1n) is 5.44. The van der Waals surface area contributed by atoms with E-state index >= 15 is 0 Å². The van der Waals surface area contributed by atoms with Gasteiger partial charge in [-0.3, -0.25) is 4.79 Å². The van der Waals surface area contributed by atoms with Gasteiger partial charge in [-0.25, -0.2) is 13.1 Å².